The first-order chi connectivity index (χ1) is 9.85. The number of nitrogens with two attached hydrogens (primary N) is 1. The van der Waals surface area contributed by atoms with Gasteiger partial charge in [-0.3, -0.25) is 9.59 Å². The number of hydrogen-bond acceptors (Lipinski definition) is 6. The van der Waals surface area contributed by atoms with Crippen molar-refractivity contribution in [3.63, 3.8) is 0 Å². The number of aryl methyl sites for hydroxylation is 1. The zero-order valence-electron chi connectivity index (χ0n) is 12.8. The van der Waals surface area contributed by atoms with Crippen molar-refractivity contribution in [2.24, 2.45) is 5.73 Å². The molecule has 0 saturated heterocycles. The number of likely N-dealkylation sites (N-methyl/N-ethyl adjacent to an activating group) is 1. The fourth-order valence-electron chi connectivity index (χ4n) is 1.43. The van der Waals surface area contributed by atoms with E-state index in [1.165, 1.54) is 11.8 Å². The molecule has 0 radical (unpaired) electrons. The number of carbonyl (C=O) groups is 2. The van der Waals surface area contributed by atoms with Gasteiger partial charge in [0.15, 0.2) is 5.82 Å². The lowest BCUT2D eigenvalue weighted by Crippen LogP contribution is -2.41. The first kappa shape index (κ1) is 17.5. The molecule has 7 nitrogen and oxygen atoms in total. The zero-order valence-corrected chi connectivity index (χ0v) is 13.6. The van der Waals surface area contributed by atoms with Gasteiger partial charge < -0.3 is 20.5 Å². The minimum atomic E-state index is -0.368. The van der Waals surface area contributed by atoms with Crippen molar-refractivity contribution in [1.82, 2.24) is 10.1 Å². The number of rotatable bonds is 7. The number of aromatic nitrogens is 1. The highest BCUT2D eigenvalue weighted by Gasteiger charge is 2.19. The standard InChI is InChI=1S/C13H22N4O3S/c1-8(6-14)17(4)12(18)7-21-10(3)13(19)15-11-5-9(2)20-16-11/h5,8,10H,6-7,14H2,1-4H3,(H,15,16,19). The summed E-state index contributed by atoms with van der Waals surface area (Å²) in [5, 5.41) is 5.96. The number of thioether (sulfide) groups is 1. The van der Waals surface area contributed by atoms with Crippen molar-refractivity contribution in [2.75, 3.05) is 24.7 Å². The normalized spacial score (nSPS) is 13.6. The highest BCUT2D eigenvalue weighted by molar-refractivity contribution is 8.01. The van der Waals surface area contributed by atoms with E-state index in [0.717, 1.165) is 0 Å². The molecule has 0 aliphatic rings. The largest absolute Gasteiger partial charge is 0.360 e. The summed E-state index contributed by atoms with van der Waals surface area (Å²) < 4.78 is 4.87. The topological polar surface area (TPSA) is 101 Å². The van der Waals surface area contributed by atoms with Gasteiger partial charge in [-0.05, 0) is 20.8 Å². The first-order valence-corrected chi connectivity index (χ1v) is 7.71. The summed E-state index contributed by atoms with van der Waals surface area (Å²) in [6, 6.07) is 1.62. The minimum Gasteiger partial charge on any atom is -0.360 e. The van der Waals surface area contributed by atoms with Crippen LogP contribution in [0.2, 0.25) is 0 Å². The Morgan fingerprint density at radius 1 is 1.52 bits per heavy atom. The van der Waals surface area contributed by atoms with Crippen LogP contribution in [0.1, 0.15) is 19.6 Å². The van der Waals surface area contributed by atoms with Gasteiger partial charge in [0.2, 0.25) is 11.8 Å². The number of hydrogen-bond donors (Lipinski definition) is 2. The van der Waals surface area contributed by atoms with Crippen molar-refractivity contribution in [2.45, 2.75) is 32.1 Å². The van der Waals surface area contributed by atoms with Crippen LogP contribution >= 0.6 is 11.8 Å². The van der Waals surface area contributed by atoms with E-state index in [0.29, 0.717) is 18.1 Å². The lowest BCUT2D eigenvalue weighted by atomic mass is 10.3. The van der Waals surface area contributed by atoms with E-state index in [2.05, 4.69) is 10.5 Å². The second kappa shape index (κ2) is 8.04. The maximum atomic E-state index is 11.9. The molecule has 0 aliphatic carbocycles. The molecule has 2 unspecified atom stereocenters. The van der Waals surface area contributed by atoms with Gasteiger partial charge in [-0.15, -0.1) is 11.8 Å². The lowest BCUT2D eigenvalue weighted by molar-refractivity contribution is -0.128. The van der Waals surface area contributed by atoms with Crippen LogP contribution in [-0.4, -0.2) is 52.5 Å². The Kier molecular flexibility index (Phi) is 6.70. The van der Waals surface area contributed by atoms with Crippen molar-refractivity contribution < 1.29 is 14.1 Å². The Hall–Kier alpha value is -1.54. The SMILES string of the molecule is Cc1cc(NC(=O)C(C)SCC(=O)N(C)C(C)CN)no1. The van der Waals surface area contributed by atoms with Crippen LogP contribution in [0.5, 0.6) is 0 Å². The summed E-state index contributed by atoms with van der Waals surface area (Å²) >= 11 is 1.27. The average Bonchev–Trinajstić information content (AvgIpc) is 2.87. The minimum absolute atomic E-state index is 0.0136. The predicted octanol–water partition coefficient (Wildman–Crippen LogP) is 0.849. The van der Waals surface area contributed by atoms with Crippen LogP contribution in [0.4, 0.5) is 5.82 Å². The fourth-order valence-corrected chi connectivity index (χ4v) is 2.24. The van der Waals surface area contributed by atoms with Crippen LogP contribution in [0.25, 0.3) is 0 Å². The molecule has 1 rings (SSSR count). The molecule has 0 bridgehead atoms. The number of carbonyl (C=O) groups excluding carboxylic acids is 2. The van der Waals surface area contributed by atoms with E-state index in [-0.39, 0.29) is 28.9 Å². The van der Waals surface area contributed by atoms with Gasteiger partial charge in [-0.1, -0.05) is 5.16 Å². The molecule has 1 aromatic heterocycles. The Balaban J connectivity index is 2.40. The van der Waals surface area contributed by atoms with Crippen molar-refractivity contribution in [1.29, 1.82) is 0 Å². The molecule has 2 atom stereocenters. The Morgan fingerprint density at radius 3 is 2.71 bits per heavy atom. The van der Waals surface area contributed by atoms with Crippen LogP contribution in [0, 0.1) is 6.92 Å². The third-order valence-corrected chi connectivity index (χ3v) is 4.23. The van der Waals surface area contributed by atoms with Crippen molar-refractivity contribution in [3.8, 4) is 0 Å². The van der Waals surface area contributed by atoms with Gasteiger partial charge in [-0.25, -0.2) is 0 Å². The second-order valence-corrected chi connectivity index (χ2v) is 6.18. The summed E-state index contributed by atoms with van der Waals surface area (Å²) in [5.41, 5.74) is 5.52. The molecule has 0 aromatic carbocycles. The second-order valence-electron chi connectivity index (χ2n) is 4.85. The molecule has 1 aromatic rings. The molecule has 0 saturated carbocycles. The van der Waals surface area contributed by atoms with Crippen LogP contribution in [-0.2, 0) is 9.59 Å². The fraction of sp³-hybridized carbons (Fsp3) is 0.615. The number of anilines is 1. The quantitative estimate of drug-likeness (QED) is 0.773. The van der Waals surface area contributed by atoms with E-state index >= 15 is 0 Å². The van der Waals surface area contributed by atoms with Gasteiger partial charge >= 0.3 is 0 Å². The van der Waals surface area contributed by atoms with Gasteiger partial charge in [0.25, 0.3) is 0 Å². The number of nitrogens with one attached hydrogen (secondary N) is 1. The van der Waals surface area contributed by atoms with Crippen LogP contribution < -0.4 is 11.1 Å². The van der Waals surface area contributed by atoms with E-state index in [9.17, 15) is 9.59 Å². The van der Waals surface area contributed by atoms with E-state index in [1.807, 2.05) is 6.92 Å². The molecule has 2 amide bonds. The van der Waals surface area contributed by atoms with Crippen LogP contribution in [0.15, 0.2) is 10.6 Å². The van der Waals surface area contributed by atoms with Crippen molar-refractivity contribution in [3.05, 3.63) is 11.8 Å². The average molecular weight is 314 g/mol. The Labute approximate surface area is 128 Å². The molecule has 3 N–H and O–H groups in total. The lowest BCUT2D eigenvalue weighted by Gasteiger charge is -2.24. The van der Waals surface area contributed by atoms with Gasteiger partial charge in [0.1, 0.15) is 5.76 Å². The van der Waals surface area contributed by atoms with Gasteiger partial charge in [0, 0.05) is 25.7 Å². The van der Waals surface area contributed by atoms with Crippen LogP contribution in [0.3, 0.4) is 0 Å². The Bertz CT molecular complexity index is 492. The summed E-state index contributed by atoms with van der Waals surface area (Å²) in [4.78, 5) is 25.5. The number of nitrogens with zero attached hydrogens (tertiary/aromatic N) is 2. The Morgan fingerprint density at radius 2 is 2.19 bits per heavy atom. The van der Waals surface area contributed by atoms with Gasteiger partial charge in [0.05, 0.1) is 11.0 Å². The molecular formula is C13H22N4O3S. The molecule has 21 heavy (non-hydrogen) atoms. The molecular weight excluding hydrogens is 292 g/mol. The molecule has 8 heteroatoms. The summed E-state index contributed by atoms with van der Waals surface area (Å²) in [7, 11) is 1.71. The highest BCUT2D eigenvalue weighted by atomic mass is 32.2. The van der Waals surface area contributed by atoms with E-state index in [1.54, 1.807) is 31.9 Å². The van der Waals surface area contributed by atoms with Gasteiger partial charge in [-0.2, -0.15) is 0 Å². The third-order valence-electron chi connectivity index (χ3n) is 3.10. The monoisotopic (exact) mass is 314 g/mol. The molecule has 0 spiro atoms. The summed E-state index contributed by atoms with van der Waals surface area (Å²) in [5.74, 6) is 0.974. The molecule has 0 fully saturated rings. The zero-order chi connectivity index (χ0) is 16.0. The maximum absolute atomic E-state index is 11.9. The highest BCUT2D eigenvalue weighted by Crippen LogP contribution is 2.15. The maximum Gasteiger partial charge on any atom is 0.238 e. The molecule has 118 valence electrons. The molecule has 0 aliphatic heterocycles. The predicted molar refractivity (Wildman–Crippen MR) is 83.1 cm³/mol. The first-order valence-electron chi connectivity index (χ1n) is 6.66. The third kappa shape index (κ3) is 5.39. The van der Waals surface area contributed by atoms with E-state index in [4.69, 9.17) is 10.3 Å². The molecule has 1 heterocycles. The number of amides is 2. The summed E-state index contributed by atoms with van der Waals surface area (Å²) in [6.07, 6.45) is 0. The summed E-state index contributed by atoms with van der Waals surface area (Å²) in [6.45, 7) is 5.78. The van der Waals surface area contributed by atoms with E-state index < -0.39 is 0 Å². The smallest absolute Gasteiger partial charge is 0.238 e. The van der Waals surface area contributed by atoms with Crippen molar-refractivity contribution >= 4 is 29.4 Å².